The van der Waals surface area contributed by atoms with Crippen LogP contribution in [0.15, 0.2) is 47.5 Å². The van der Waals surface area contributed by atoms with E-state index < -0.39 is 0 Å². The van der Waals surface area contributed by atoms with Gasteiger partial charge in [0, 0.05) is 11.3 Å². The van der Waals surface area contributed by atoms with Crippen molar-refractivity contribution in [1.29, 1.82) is 5.41 Å². The number of carbonyl (C=O) groups excluding carboxylic acids is 1. The number of hydrogen-bond donors (Lipinski definition) is 1. The standard InChI is InChI=1S/C16H18N2O/c1-12(5-4-6-13(2)18-11-17)15-7-9-16(10-8-15)14(3)19/h4-11,17H,1-3H3/b6-4-,12-5+,17-11?,18-13?. The second kappa shape index (κ2) is 7.21. The third-order valence-corrected chi connectivity index (χ3v) is 2.70. The maximum Gasteiger partial charge on any atom is 0.159 e. The number of ketones is 1. The van der Waals surface area contributed by atoms with Gasteiger partial charge in [-0.1, -0.05) is 36.4 Å². The van der Waals surface area contributed by atoms with Crippen molar-refractivity contribution < 1.29 is 4.79 Å². The number of Topliss-reactive ketones (excluding diaryl/α,β-unsaturated/α-hetero) is 1. The van der Waals surface area contributed by atoms with E-state index in [9.17, 15) is 4.79 Å². The normalized spacial score (nSPS) is 12.8. The molecule has 0 radical (unpaired) electrons. The van der Waals surface area contributed by atoms with Crippen LogP contribution in [0.1, 0.15) is 36.7 Å². The van der Waals surface area contributed by atoms with Gasteiger partial charge in [0.15, 0.2) is 5.78 Å². The van der Waals surface area contributed by atoms with E-state index in [1.165, 1.54) is 0 Å². The second-order valence-corrected chi connectivity index (χ2v) is 4.24. The lowest BCUT2D eigenvalue weighted by molar-refractivity contribution is 0.101. The number of aliphatic imine (C=N–C) groups is 1. The minimum Gasteiger partial charge on any atom is -0.295 e. The molecular weight excluding hydrogens is 236 g/mol. The molecule has 0 bridgehead atoms. The first kappa shape index (κ1) is 14.8. The Balaban J connectivity index is 2.82. The molecule has 0 amide bonds. The highest BCUT2D eigenvalue weighted by atomic mass is 16.1. The monoisotopic (exact) mass is 254 g/mol. The molecule has 0 aliphatic rings. The lowest BCUT2D eigenvalue weighted by Crippen LogP contribution is -1.91. The van der Waals surface area contributed by atoms with E-state index in [0.717, 1.165) is 28.8 Å². The molecule has 0 aliphatic carbocycles. The smallest absolute Gasteiger partial charge is 0.159 e. The van der Waals surface area contributed by atoms with Crippen LogP contribution in [0.3, 0.4) is 0 Å². The zero-order valence-electron chi connectivity index (χ0n) is 11.5. The summed E-state index contributed by atoms with van der Waals surface area (Å²) in [5, 5.41) is 6.85. The molecule has 19 heavy (non-hydrogen) atoms. The van der Waals surface area contributed by atoms with Crippen molar-refractivity contribution in [2.75, 3.05) is 0 Å². The van der Waals surface area contributed by atoms with Gasteiger partial charge in [-0.25, -0.2) is 4.99 Å². The maximum atomic E-state index is 11.2. The summed E-state index contributed by atoms with van der Waals surface area (Å²) in [5.41, 5.74) is 3.69. The number of rotatable bonds is 5. The van der Waals surface area contributed by atoms with Crippen LogP contribution in [0, 0.1) is 5.41 Å². The Bertz CT molecular complexity index is 549. The molecule has 0 saturated carbocycles. The number of allylic oxidation sites excluding steroid dienone is 4. The first-order valence-corrected chi connectivity index (χ1v) is 6.04. The van der Waals surface area contributed by atoms with Gasteiger partial charge in [-0.2, -0.15) is 0 Å². The summed E-state index contributed by atoms with van der Waals surface area (Å²) in [7, 11) is 0. The van der Waals surface area contributed by atoms with Gasteiger partial charge in [-0.05, 0) is 38.0 Å². The van der Waals surface area contributed by atoms with Crippen molar-refractivity contribution in [3.63, 3.8) is 0 Å². The Labute approximate surface area is 113 Å². The summed E-state index contributed by atoms with van der Waals surface area (Å²) in [4.78, 5) is 15.0. The zero-order chi connectivity index (χ0) is 14.3. The lowest BCUT2D eigenvalue weighted by atomic mass is 10.0. The Kier molecular flexibility index (Phi) is 5.61. The highest BCUT2D eigenvalue weighted by Crippen LogP contribution is 2.15. The molecule has 0 fully saturated rings. The van der Waals surface area contributed by atoms with E-state index in [1.807, 2.05) is 56.3 Å². The number of benzene rings is 1. The Morgan fingerprint density at radius 1 is 1.11 bits per heavy atom. The molecule has 1 N–H and O–H groups in total. The lowest BCUT2D eigenvalue weighted by Gasteiger charge is -2.01. The van der Waals surface area contributed by atoms with Crippen LogP contribution in [-0.4, -0.2) is 17.8 Å². The largest absolute Gasteiger partial charge is 0.295 e. The average Bonchev–Trinajstić information content (AvgIpc) is 2.39. The third-order valence-electron chi connectivity index (χ3n) is 2.70. The fraction of sp³-hybridized carbons (Fsp3) is 0.188. The van der Waals surface area contributed by atoms with Crippen molar-refractivity contribution in [3.8, 4) is 0 Å². The quantitative estimate of drug-likeness (QED) is 0.368. The van der Waals surface area contributed by atoms with Crippen molar-refractivity contribution >= 4 is 23.4 Å². The van der Waals surface area contributed by atoms with Crippen LogP contribution in [0.5, 0.6) is 0 Å². The Hall–Kier alpha value is -2.29. The average molecular weight is 254 g/mol. The molecule has 1 aromatic carbocycles. The summed E-state index contributed by atoms with van der Waals surface area (Å²) < 4.78 is 0. The first-order valence-electron chi connectivity index (χ1n) is 6.04. The van der Waals surface area contributed by atoms with Crippen LogP contribution >= 0.6 is 0 Å². The van der Waals surface area contributed by atoms with E-state index in [-0.39, 0.29) is 5.78 Å². The van der Waals surface area contributed by atoms with E-state index in [4.69, 9.17) is 5.41 Å². The molecule has 0 unspecified atom stereocenters. The number of nitrogens with zero attached hydrogens (tertiary/aromatic N) is 1. The van der Waals surface area contributed by atoms with Crippen LogP contribution < -0.4 is 0 Å². The van der Waals surface area contributed by atoms with Gasteiger partial charge in [0.2, 0.25) is 0 Å². The molecule has 0 spiro atoms. The molecule has 3 heteroatoms. The Morgan fingerprint density at radius 2 is 1.68 bits per heavy atom. The van der Waals surface area contributed by atoms with Gasteiger partial charge in [0.1, 0.15) is 6.34 Å². The molecular formula is C16H18N2O. The van der Waals surface area contributed by atoms with Gasteiger partial charge in [-0.3, -0.25) is 10.2 Å². The van der Waals surface area contributed by atoms with E-state index in [2.05, 4.69) is 4.99 Å². The minimum atomic E-state index is 0.0755. The predicted molar refractivity (Wildman–Crippen MR) is 81.1 cm³/mol. The molecule has 0 saturated heterocycles. The topological polar surface area (TPSA) is 53.3 Å². The number of nitrogens with one attached hydrogen (secondary N) is 1. The van der Waals surface area contributed by atoms with Crippen LogP contribution in [-0.2, 0) is 0 Å². The van der Waals surface area contributed by atoms with Crippen molar-refractivity contribution in [2.45, 2.75) is 20.8 Å². The molecule has 1 rings (SSSR count). The highest BCUT2D eigenvalue weighted by molar-refractivity contribution is 5.97. The van der Waals surface area contributed by atoms with Crippen LogP contribution in [0.2, 0.25) is 0 Å². The number of hydrogen-bond acceptors (Lipinski definition) is 2. The van der Waals surface area contributed by atoms with Crippen LogP contribution in [0.25, 0.3) is 5.57 Å². The molecule has 0 aromatic heterocycles. The molecule has 0 atom stereocenters. The maximum absolute atomic E-state index is 11.2. The highest BCUT2D eigenvalue weighted by Gasteiger charge is 1.99. The predicted octanol–water partition coefficient (Wildman–Crippen LogP) is 3.92. The summed E-state index contributed by atoms with van der Waals surface area (Å²) in [6.07, 6.45) is 6.75. The molecule has 98 valence electrons. The molecule has 0 heterocycles. The van der Waals surface area contributed by atoms with Crippen LogP contribution in [0.4, 0.5) is 0 Å². The Morgan fingerprint density at radius 3 is 2.21 bits per heavy atom. The molecule has 3 nitrogen and oxygen atoms in total. The molecule has 1 aromatic rings. The zero-order valence-corrected chi connectivity index (χ0v) is 11.5. The van der Waals surface area contributed by atoms with Crippen molar-refractivity contribution in [2.24, 2.45) is 4.99 Å². The van der Waals surface area contributed by atoms with Gasteiger partial charge < -0.3 is 0 Å². The minimum absolute atomic E-state index is 0.0755. The SMILES string of the molecule is CC(=O)c1ccc(/C(C)=C/C=C\C(C)=NC=N)cc1. The van der Waals surface area contributed by atoms with E-state index >= 15 is 0 Å². The van der Waals surface area contributed by atoms with Gasteiger partial charge in [0.25, 0.3) is 0 Å². The fourth-order valence-electron chi connectivity index (χ4n) is 1.54. The first-order chi connectivity index (χ1) is 9.04. The van der Waals surface area contributed by atoms with Gasteiger partial charge in [-0.15, -0.1) is 0 Å². The summed E-state index contributed by atoms with van der Waals surface area (Å²) in [6, 6.07) is 7.55. The molecule has 0 aliphatic heterocycles. The van der Waals surface area contributed by atoms with Crippen molar-refractivity contribution in [3.05, 3.63) is 53.6 Å². The number of carbonyl (C=O) groups is 1. The summed E-state index contributed by atoms with van der Waals surface area (Å²) >= 11 is 0. The fourth-order valence-corrected chi connectivity index (χ4v) is 1.54. The van der Waals surface area contributed by atoms with Gasteiger partial charge >= 0.3 is 0 Å². The third kappa shape index (κ3) is 4.84. The summed E-state index contributed by atoms with van der Waals surface area (Å²) in [5.74, 6) is 0.0755. The summed E-state index contributed by atoms with van der Waals surface area (Å²) in [6.45, 7) is 5.41. The van der Waals surface area contributed by atoms with Crippen molar-refractivity contribution in [1.82, 2.24) is 0 Å². The second-order valence-electron chi connectivity index (χ2n) is 4.24. The van der Waals surface area contributed by atoms with Gasteiger partial charge in [0.05, 0.1) is 0 Å². The van der Waals surface area contributed by atoms with E-state index in [0.29, 0.717) is 0 Å². The van der Waals surface area contributed by atoms with E-state index in [1.54, 1.807) is 6.92 Å².